The fourth-order valence-corrected chi connectivity index (χ4v) is 3.66. The monoisotopic (exact) mass is 434 g/mol. The van der Waals surface area contributed by atoms with Gasteiger partial charge in [-0.3, -0.25) is 4.90 Å². The molecule has 3 rings (SSSR count). The van der Waals surface area contributed by atoms with E-state index < -0.39 is 23.9 Å². The van der Waals surface area contributed by atoms with E-state index in [1.165, 1.54) is 18.2 Å². The number of carbonyl (C=O) groups is 3. The van der Waals surface area contributed by atoms with Gasteiger partial charge in [-0.15, -0.1) is 0 Å². The van der Waals surface area contributed by atoms with E-state index >= 15 is 0 Å². The van der Waals surface area contributed by atoms with Crippen molar-refractivity contribution in [2.75, 3.05) is 45.9 Å². The SMILES string of the molecule is CCOC(=O)C1=C(CN2CCN(C(=O)OCC)CC2)NC(=O)NC1c1cccc(F)c1. The molecular formula is C21H27FN4O5. The third-order valence-corrected chi connectivity index (χ3v) is 5.11. The number of carbonyl (C=O) groups excluding carboxylic acids is 3. The molecule has 1 saturated heterocycles. The van der Waals surface area contributed by atoms with Crippen molar-refractivity contribution < 1.29 is 28.2 Å². The highest BCUT2D eigenvalue weighted by atomic mass is 19.1. The zero-order valence-electron chi connectivity index (χ0n) is 17.7. The fourth-order valence-electron chi connectivity index (χ4n) is 3.66. The van der Waals surface area contributed by atoms with E-state index in [-0.39, 0.29) is 24.8 Å². The summed E-state index contributed by atoms with van der Waals surface area (Å²) in [5.41, 5.74) is 1.09. The molecule has 3 amide bonds. The number of nitrogens with one attached hydrogen (secondary N) is 2. The van der Waals surface area contributed by atoms with Crippen LogP contribution >= 0.6 is 0 Å². The molecule has 31 heavy (non-hydrogen) atoms. The van der Waals surface area contributed by atoms with Crippen molar-refractivity contribution in [1.82, 2.24) is 20.4 Å². The molecule has 1 fully saturated rings. The summed E-state index contributed by atoms with van der Waals surface area (Å²) in [5.74, 6) is -1.05. The van der Waals surface area contributed by atoms with Gasteiger partial charge in [-0.1, -0.05) is 12.1 Å². The summed E-state index contributed by atoms with van der Waals surface area (Å²) in [6.07, 6.45) is -0.352. The van der Waals surface area contributed by atoms with Crippen LogP contribution in [0.3, 0.4) is 0 Å². The van der Waals surface area contributed by atoms with Gasteiger partial charge in [0.1, 0.15) is 5.82 Å². The highest BCUT2D eigenvalue weighted by molar-refractivity contribution is 5.95. The Hall–Kier alpha value is -3.14. The van der Waals surface area contributed by atoms with Crippen LogP contribution in [0, 0.1) is 5.82 Å². The Morgan fingerprint density at radius 2 is 1.84 bits per heavy atom. The molecule has 1 atom stereocenters. The largest absolute Gasteiger partial charge is 0.463 e. The first kappa shape index (κ1) is 22.5. The Morgan fingerprint density at radius 1 is 1.13 bits per heavy atom. The van der Waals surface area contributed by atoms with Gasteiger partial charge in [0.2, 0.25) is 0 Å². The molecule has 2 aliphatic rings. The lowest BCUT2D eigenvalue weighted by molar-refractivity contribution is -0.139. The van der Waals surface area contributed by atoms with E-state index in [2.05, 4.69) is 10.6 Å². The lowest BCUT2D eigenvalue weighted by Crippen LogP contribution is -2.52. The van der Waals surface area contributed by atoms with Crippen LogP contribution < -0.4 is 10.6 Å². The first-order valence-electron chi connectivity index (χ1n) is 10.3. The lowest BCUT2D eigenvalue weighted by atomic mass is 9.95. The maximum absolute atomic E-state index is 13.8. The number of ether oxygens (including phenoxy) is 2. The summed E-state index contributed by atoms with van der Waals surface area (Å²) in [6.45, 7) is 6.25. The summed E-state index contributed by atoms with van der Waals surface area (Å²) in [6, 6.07) is 4.43. The van der Waals surface area contributed by atoms with E-state index in [4.69, 9.17) is 9.47 Å². The lowest BCUT2D eigenvalue weighted by Gasteiger charge is -2.36. The molecule has 2 aliphatic heterocycles. The van der Waals surface area contributed by atoms with Crippen molar-refractivity contribution in [3.63, 3.8) is 0 Å². The second-order valence-electron chi connectivity index (χ2n) is 7.16. The molecule has 168 valence electrons. The van der Waals surface area contributed by atoms with Gasteiger partial charge in [0, 0.05) is 38.4 Å². The standard InChI is InChI=1S/C21H27FN4O5/c1-3-30-19(27)17-16(13-25-8-10-26(11-9-25)21(29)31-4-2)23-20(28)24-18(17)14-6-5-7-15(22)12-14/h5-7,12,18H,3-4,8-11,13H2,1-2H3,(H2,23,24,28). The Balaban J connectivity index is 1.83. The summed E-state index contributed by atoms with van der Waals surface area (Å²) < 4.78 is 24.1. The fraction of sp³-hybridized carbons (Fsp3) is 0.476. The number of halogens is 1. The predicted octanol–water partition coefficient (Wildman–Crippen LogP) is 1.77. The number of urea groups is 1. The molecule has 9 nitrogen and oxygen atoms in total. The maximum Gasteiger partial charge on any atom is 0.409 e. The Bertz CT molecular complexity index is 867. The number of hydrogen-bond donors (Lipinski definition) is 2. The second kappa shape index (κ2) is 10.3. The van der Waals surface area contributed by atoms with Crippen molar-refractivity contribution in [2.24, 2.45) is 0 Å². The van der Waals surface area contributed by atoms with E-state index in [1.807, 2.05) is 4.90 Å². The van der Waals surface area contributed by atoms with Crippen LogP contribution in [-0.2, 0) is 14.3 Å². The number of hydrogen-bond acceptors (Lipinski definition) is 6. The van der Waals surface area contributed by atoms with E-state index in [0.717, 1.165) is 0 Å². The third kappa shape index (κ3) is 5.52. The molecule has 0 spiro atoms. The Morgan fingerprint density at radius 3 is 2.48 bits per heavy atom. The van der Waals surface area contributed by atoms with Crippen molar-refractivity contribution in [2.45, 2.75) is 19.9 Å². The highest BCUT2D eigenvalue weighted by Gasteiger charge is 2.35. The molecular weight excluding hydrogens is 407 g/mol. The molecule has 10 heteroatoms. The van der Waals surface area contributed by atoms with Crippen LogP contribution in [0.5, 0.6) is 0 Å². The molecule has 0 bridgehead atoms. The molecule has 2 heterocycles. The van der Waals surface area contributed by atoms with Crippen molar-refractivity contribution in [3.8, 4) is 0 Å². The summed E-state index contributed by atoms with van der Waals surface area (Å²) in [5, 5.41) is 5.40. The third-order valence-electron chi connectivity index (χ3n) is 5.11. The zero-order chi connectivity index (χ0) is 22.4. The summed E-state index contributed by atoms with van der Waals surface area (Å²) in [4.78, 5) is 40.7. The minimum Gasteiger partial charge on any atom is -0.463 e. The van der Waals surface area contributed by atoms with E-state index in [1.54, 1.807) is 24.8 Å². The van der Waals surface area contributed by atoms with Crippen LogP contribution in [0.1, 0.15) is 25.5 Å². The normalized spacial score (nSPS) is 19.5. The van der Waals surface area contributed by atoms with Gasteiger partial charge in [0.15, 0.2) is 0 Å². The van der Waals surface area contributed by atoms with Gasteiger partial charge in [-0.25, -0.2) is 18.8 Å². The van der Waals surface area contributed by atoms with Gasteiger partial charge in [-0.05, 0) is 31.5 Å². The van der Waals surface area contributed by atoms with Crippen molar-refractivity contribution >= 4 is 18.1 Å². The number of amides is 3. The van der Waals surface area contributed by atoms with Crippen LogP contribution in [-0.4, -0.2) is 73.8 Å². The molecule has 1 unspecified atom stereocenters. The highest BCUT2D eigenvalue weighted by Crippen LogP contribution is 2.28. The Kier molecular flexibility index (Phi) is 7.45. The van der Waals surface area contributed by atoms with E-state index in [0.29, 0.717) is 44.0 Å². The van der Waals surface area contributed by atoms with Gasteiger partial charge in [0.25, 0.3) is 0 Å². The first-order chi connectivity index (χ1) is 14.9. The number of piperazine rings is 1. The number of esters is 1. The zero-order valence-corrected chi connectivity index (χ0v) is 17.7. The minimum atomic E-state index is -0.834. The molecule has 0 aliphatic carbocycles. The Labute approximate surface area is 180 Å². The maximum atomic E-state index is 13.8. The molecule has 0 radical (unpaired) electrons. The quantitative estimate of drug-likeness (QED) is 0.662. The average Bonchev–Trinajstić information content (AvgIpc) is 2.74. The van der Waals surface area contributed by atoms with Crippen LogP contribution in [0.2, 0.25) is 0 Å². The van der Waals surface area contributed by atoms with Crippen LogP contribution in [0.15, 0.2) is 35.5 Å². The predicted molar refractivity (Wildman–Crippen MR) is 110 cm³/mol. The van der Waals surface area contributed by atoms with Gasteiger partial charge in [0.05, 0.1) is 24.8 Å². The smallest absolute Gasteiger partial charge is 0.409 e. The summed E-state index contributed by atoms with van der Waals surface area (Å²) in [7, 11) is 0. The molecule has 2 N–H and O–H groups in total. The molecule has 0 aromatic heterocycles. The minimum absolute atomic E-state index is 0.164. The first-order valence-corrected chi connectivity index (χ1v) is 10.3. The average molecular weight is 434 g/mol. The molecule has 1 aromatic rings. The molecule has 0 saturated carbocycles. The van der Waals surface area contributed by atoms with Gasteiger partial charge < -0.3 is 25.0 Å². The van der Waals surface area contributed by atoms with Gasteiger partial charge in [-0.2, -0.15) is 0 Å². The second-order valence-corrected chi connectivity index (χ2v) is 7.16. The van der Waals surface area contributed by atoms with E-state index in [9.17, 15) is 18.8 Å². The number of rotatable bonds is 6. The molecule has 1 aromatic carbocycles. The van der Waals surface area contributed by atoms with Crippen molar-refractivity contribution in [1.29, 1.82) is 0 Å². The number of nitrogens with zero attached hydrogens (tertiary/aromatic N) is 2. The topological polar surface area (TPSA) is 100 Å². The van der Waals surface area contributed by atoms with Gasteiger partial charge >= 0.3 is 18.1 Å². The van der Waals surface area contributed by atoms with Crippen molar-refractivity contribution in [3.05, 3.63) is 46.9 Å². The van der Waals surface area contributed by atoms with Crippen LogP contribution in [0.25, 0.3) is 0 Å². The number of benzene rings is 1. The summed E-state index contributed by atoms with van der Waals surface area (Å²) >= 11 is 0. The van der Waals surface area contributed by atoms with Crippen LogP contribution in [0.4, 0.5) is 14.0 Å².